The topological polar surface area (TPSA) is 86.7 Å². The van der Waals surface area contributed by atoms with E-state index in [1.54, 1.807) is 11.8 Å². The van der Waals surface area contributed by atoms with Crippen LogP contribution in [0.2, 0.25) is 0 Å². The molecule has 3 amide bonds. The molecule has 0 aliphatic heterocycles. The summed E-state index contributed by atoms with van der Waals surface area (Å²) in [6.07, 6.45) is 2.65. The zero-order valence-electron chi connectivity index (χ0n) is 13.5. The first-order chi connectivity index (χ1) is 9.81. The number of carbonyl (C=O) groups excluding carboxylic acids is 2. The minimum atomic E-state index is -0.939. The van der Waals surface area contributed by atoms with Crippen LogP contribution in [0.25, 0.3) is 0 Å². The van der Waals surface area contributed by atoms with E-state index in [4.69, 9.17) is 5.11 Å². The number of nitrogens with one attached hydrogen (secondary N) is 1. The molecule has 21 heavy (non-hydrogen) atoms. The summed E-state index contributed by atoms with van der Waals surface area (Å²) in [5.74, 6) is -1.65. The largest absolute Gasteiger partial charge is 0.481 e. The Morgan fingerprint density at radius 2 is 1.76 bits per heavy atom. The number of carboxylic acids is 1. The van der Waals surface area contributed by atoms with E-state index >= 15 is 0 Å². The molecule has 0 saturated heterocycles. The minimum absolute atomic E-state index is 0.0418. The predicted octanol–water partition coefficient (Wildman–Crippen LogP) is 2.62. The lowest BCUT2D eigenvalue weighted by atomic mass is 10.0. The van der Waals surface area contributed by atoms with Crippen LogP contribution in [-0.2, 0) is 9.59 Å². The molecule has 6 nitrogen and oxygen atoms in total. The summed E-state index contributed by atoms with van der Waals surface area (Å²) in [6.45, 7) is 8.29. The summed E-state index contributed by atoms with van der Waals surface area (Å²) in [6, 6.07) is -0.314. The van der Waals surface area contributed by atoms with Gasteiger partial charge in [-0.3, -0.25) is 14.9 Å². The van der Waals surface area contributed by atoms with Crippen LogP contribution < -0.4 is 5.32 Å². The number of carbonyl (C=O) groups is 3. The Balaban J connectivity index is 4.45. The molecule has 0 bridgehead atoms. The third kappa shape index (κ3) is 8.32. The van der Waals surface area contributed by atoms with Crippen molar-refractivity contribution in [1.29, 1.82) is 0 Å². The molecule has 6 heteroatoms. The van der Waals surface area contributed by atoms with Crippen molar-refractivity contribution in [3.63, 3.8) is 0 Å². The number of hydrogen-bond donors (Lipinski definition) is 2. The van der Waals surface area contributed by atoms with Crippen molar-refractivity contribution < 1.29 is 19.5 Å². The van der Waals surface area contributed by atoms with E-state index < -0.39 is 11.9 Å². The fourth-order valence-electron chi connectivity index (χ4n) is 2.00. The fourth-order valence-corrected chi connectivity index (χ4v) is 2.00. The Hall–Kier alpha value is -1.59. The maximum absolute atomic E-state index is 12.1. The molecular formula is C15H28N2O4. The number of urea groups is 1. The van der Waals surface area contributed by atoms with E-state index in [-0.39, 0.29) is 30.8 Å². The lowest BCUT2D eigenvalue weighted by Crippen LogP contribution is -2.47. The summed E-state index contributed by atoms with van der Waals surface area (Å²) < 4.78 is 0. The van der Waals surface area contributed by atoms with E-state index in [9.17, 15) is 14.4 Å². The SMILES string of the molecule is CCCCN(C(=O)NC(=O)CC(C)CC(=O)O)C(C)CC. The summed E-state index contributed by atoms with van der Waals surface area (Å²) >= 11 is 0. The van der Waals surface area contributed by atoms with Crippen LogP contribution in [0.5, 0.6) is 0 Å². The van der Waals surface area contributed by atoms with E-state index in [1.807, 2.05) is 20.8 Å². The van der Waals surface area contributed by atoms with Gasteiger partial charge in [-0.2, -0.15) is 0 Å². The van der Waals surface area contributed by atoms with Gasteiger partial charge in [-0.05, 0) is 25.7 Å². The number of carboxylic acid groups (broad SMARTS) is 1. The number of hydrogen-bond acceptors (Lipinski definition) is 3. The second kappa shape index (κ2) is 10.2. The molecule has 0 fully saturated rings. The van der Waals surface area contributed by atoms with E-state index in [0.29, 0.717) is 6.54 Å². The molecule has 0 heterocycles. The van der Waals surface area contributed by atoms with Crippen LogP contribution in [0.4, 0.5) is 4.79 Å². The first-order valence-corrected chi connectivity index (χ1v) is 7.63. The quantitative estimate of drug-likeness (QED) is 0.685. The van der Waals surface area contributed by atoms with Crippen molar-refractivity contribution in [1.82, 2.24) is 10.2 Å². The van der Waals surface area contributed by atoms with Crippen LogP contribution >= 0.6 is 0 Å². The summed E-state index contributed by atoms with van der Waals surface area (Å²) in [5.41, 5.74) is 0. The first kappa shape index (κ1) is 19.4. The average Bonchev–Trinajstić information content (AvgIpc) is 2.37. The average molecular weight is 300 g/mol. The van der Waals surface area contributed by atoms with Crippen LogP contribution in [0, 0.1) is 5.92 Å². The van der Waals surface area contributed by atoms with Gasteiger partial charge in [0.25, 0.3) is 0 Å². The molecule has 122 valence electrons. The molecule has 0 aromatic carbocycles. The Morgan fingerprint density at radius 3 is 2.24 bits per heavy atom. The molecular weight excluding hydrogens is 272 g/mol. The van der Waals surface area contributed by atoms with Crippen LogP contribution in [0.3, 0.4) is 0 Å². The lowest BCUT2D eigenvalue weighted by molar-refractivity contribution is -0.138. The summed E-state index contributed by atoms with van der Waals surface area (Å²) in [7, 11) is 0. The van der Waals surface area contributed by atoms with Gasteiger partial charge in [0.1, 0.15) is 0 Å². The van der Waals surface area contributed by atoms with Gasteiger partial charge < -0.3 is 10.0 Å². The van der Waals surface area contributed by atoms with E-state index in [1.165, 1.54) is 0 Å². The second-order valence-electron chi connectivity index (χ2n) is 5.56. The molecule has 2 N–H and O–H groups in total. The number of imide groups is 1. The highest BCUT2D eigenvalue weighted by atomic mass is 16.4. The molecule has 0 saturated carbocycles. The fraction of sp³-hybridized carbons (Fsp3) is 0.800. The normalized spacial score (nSPS) is 13.3. The van der Waals surface area contributed by atoms with Crippen LogP contribution in [-0.4, -0.2) is 40.5 Å². The molecule has 0 spiro atoms. The van der Waals surface area contributed by atoms with Crippen LogP contribution in [0.15, 0.2) is 0 Å². The van der Waals surface area contributed by atoms with Gasteiger partial charge in [-0.25, -0.2) is 4.79 Å². The minimum Gasteiger partial charge on any atom is -0.481 e. The van der Waals surface area contributed by atoms with Gasteiger partial charge >= 0.3 is 12.0 Å². The molecule has 0 aliphatic carbocycles. The maximum Gasteiger partial charge on any atom is 0.324 e. The Morgan fingerprint density at radius 1 is 1.14 bits per heavy atom. The van der Waals surface area contributed by atoms with Gasteiger partial charge in [0.2, 0.25) is 5.91 Å². The van der Waals surface area contributed by atoms with E-state index in [2.05, 4.69) is 5.32 Å². The van der Waals surface area contributed by atoms with Gasteiger partial charge in [-0.1, -0.05) is 27.2 Å². The zero-order valence-corrected chi connectivity index (χ0v) is 13.5. The monoisotopic (exact) mass is 300 g/mol. The van der Waals surface area contributed by atoms with Crippen LogP contribution in [0.1, 0.15) is 59.8 Å². The standard InChI is InChI=1S/C15H28N2O4/c1-5-7-8-17(12(4)6-2)15(21)16-13(18)9-11(3)10-14(19)20/h11-12H,5-10H2,1-4H3,(H,19,20)(H,16,18,21). The molecule has 0 radical (unpaired) electrons. The maximum atomic E-state index is 12.1. The third-order valence-electron chi connectivity index (χ3n) is 3.44. The molecule has 0 rings (SSSR count). The Labute approximate surface area is 126 Å². The molecule has 0 aliphatic rings. The zero-order chi connectivity index (χ0) is 16.4. The van der Waals surface area contributed by atoms with E-state index in [0.717, 1.165) is 19.3 Å². The number of rotatable bonds is 9. The highest BCUT2D eigenvalue weighted by molar-refractivity contribution is 5.94. The van der Waals surface area contributed by atoms with Gasteiger partial charge in [0.05, 0.1) is 0 Å². The summed E-state index contributed by atoms with van der Waals surface area (Å²) in [4.78, 5) is 36.2. The molecule has 2 atom stereocenters. The van der Waals surface area contributed by atoms with Crippen molar-refractivity contribution in [3.05, 3.63) is 0 Å². The highest BCUT2D eigenvalue weighted by Crippen LogP contribution is 2.09. The highest BCUT2D eigenvalue weighted by Gasteiger charge is 2.21. The van der Waals surface area contributed by atoms with Crippen molar-refractivity contribution in [3.8, 4) is 0 Å². The molecule has 2 unspecified atom stereocenters. The number of unbranched alkanes of at least 4 members (excludes halogenated alkanes) is 1. The smallest absolute Gasteiger partial charge is 0.324 e. The van der Waals surface area contributed by atoms with Crippen molar-refractivity contribution in [2.45, 2.75) is 65.8 Å². The van der Waals surface area contributed by atoms with Gasteiger partial charge in [-0.15, -0.1) is 0 Å². The number of amides is 3. The third-order valence-corrected chi connectivity index (χ3v) is 3.44. The first-order valence-electron chi connectivity index (χ1n) is 7.63. The Kier molecular flexibility index (Phi) is 9.41. The molecule has 0 aromatic heterocycles. The second-order valence-corrected chi connectivity index (χ2v) is 5.56. The van der Waals surface area contributed by atoms with Crippen molar-refractivity contribution in [2.75, 3.05) is 6.54 Å². The van der Waals surface area contributed by atoms with Gasteiger partial charge in [0, 0.05) is 25.4 Å². The Bertz CT molecular complexity index is 358. The summed E-state index contributed by atoms with van der Waals surface area (Å²) in [5, 5.41) is 11.0. The van der Waals surface area contributed by atoms with Crippen molar-refractivity contribution in [2.24, 2.45) is 5.92 Å². The van der Waals surface area contributed by atoms with Crippen molar-refractivity contribution >= 4 is 17.9 Å². The predicted molar refractivity (Wildman–Crippen MR) is 80.9 cm³/mol. The lowest BCUT2D eigenvalue weighted by Gasteiger charge is -2.28. The van der Waals surface area contributed by atoms with Gasteiger partial charge in [0.15, 0.2) is 0 Å². The number of aliphatic carboxylic acids is 1. The molecule has 0 aromatic rings. The number of nitrogens with zero attached hydrogens (tertiary/aromatic N) is 1.